The molecule has 0 atom stereocenters. The molecule has 0 spiro atoms. The van der Waals surface area contributed by atoms with Gasteiger partial charge in [-0.1, -0.05) is 81.8 Å². The average Bonchev–Trinajstić information content (AvgIpc) is 2.21. The minimum absolute atomic E-state index is 0. The minimum atomic E-state index is 0. The highest BCUT2D eigenvalue weighted by atomic mass is 32.1. The molecule has 0 saturated carbocycles. The lowest BCUT2D eigenvalue weighted by atomic mass is 10.2. The van der Waals surface area contributed by atoms with Crippen molar-refractivity contribution in [2.75, 3.05) is 0 Å². The van der Waals surface area contributed by atoms with Crippen LogP contribution in [0.3, 0.4) is 0 Å². The third kappa shape index (κ3) is 13.6. The molecule has 0 bridgehead atoms. The Balaban J connectivity index is 0. The molecule has 1 rings (SSSR count). The zero-order valence-corrected chi connectivity index (χ0v) is 11.4. The lowest BCUT2D eigenvalue weighted by Gasteiger charge is -1.90. The first-order chi connectivity index (χ1) is 6.81. The summed E-state index contributed by atoms with van der Waals surface area (Å²) in [5, 5.41) is 0. The number of benzene rings is 1. The molecule has 0 fully saturated rings. The highest BCUT2D eigenvalue weighted by molar-refractivity contribution is 7.59. The lowest BCUT2D eigenvalue weighted by molar-refractivity contribution is 0.656. The molecule has 0 aromatic heterocycles. The average molecular weight is 226 g/mol. The van der Waals surface area contributed by atoms with Gasteiger partial charge >= 0.3 is 0 Å². The van der Waals surface area contributed by atoms with Crippen LogP contribution in [-0.4, -0.2) is 0 Å². The molecule has 0 aliphatic rings. The van der Waals surface area contributed by atoms with Crippen molar-refractivity contribution in [1.29, 1.82) is 0 Å². The highest BCUT2D eigenvalue weighted by Gasteiger charge is 1.80. The van der Waals surface area contributed by atoms with Gasteiger partial charge in [0.15, 0.2) is 0 Å². The number of aryl methyl sites for hydroxylation is 1. The van der Waals surface area contributed by atoms with Gasteiger partial charge in [-0.15, -0.1) is 0 Å². The van der Waals surface area contributed by atoms with Crippen LogP contribution < -0.4 is 0 Å². The van der Waals surface area contributed by atoms with E-state index in [-0.39, 0.29) is 13.5 Å². The lowest BCUT2D eigenvalue weighted by Crippen LogP contribution is -1.70. The number of unbranched alkanes of at least 4 members (excludes halogenated alkanes) is 4. The number of hydrogen-bond donors (Lipinski definition) is 0. The second-order valence-corrected chi connectivity index (χ2v) is 3.72. The van der Waals surface area contributed by atoms with E-state index < -0.39 is 0 Å². The predicted octanol–water partition coefficient (Wildman–Crippen LogP) is 5.08. The van der Waals surface area contributed by atoms with Gasteiger partial charge in [0.1, 0.15) is 0 Å². The first kappa shape index (κ1) is 17.0. The highest BCUT2D eigenvalue weighted by Crippen LogP contribution is 2.00. The largest absolute Gasteiger partial charge is 0.197 e. The Kier molecular flexibility index (Phi) is 15.4. The van der Waals surface area contributed by atoms with Crippen LogP contribution in [0.25, 0.3) is 0 Å². The molecule has 0 N–H and O–H groups in total. The van der Waals surface area contributed by atoms with Gasteiger partial charge in [0.2, 0.25) is 0 Å². The summed E-state index contributed by atoms with van der Waals surface area (Å²) in [6, 6.07) is 10.3. The molecule has 15 heavy (non-hydrogen) atoms. The van der Waals surface area contributed by atoms with Crippen LogP contribution in [0.4, 0.5) is 0 Å². The zero-order chi connectivity index (χ0) is 10.6. The van der Waals surface area contributed by atoms with Crippen LogP contribution in [0.2, 0.25) is 0 Å². The Hall–Kier alpha value is -0.430. The van der Waals surface area contributed by atoms with E-state index in [1.54, 1.807) is 0 Å². The molecule has 88 valence electrons. The molecule has 0 radical (unpaired) electrons. The van der Waals surface area contributed by atoms with Crippen molar-refractivity contribution in [1.82, 2.24) is 0 Å². The summed E-state index contributed by atoms with van der Waals surface area (Å²) in [6.07, 6.45) is 7.01. The summed E-state index contributed by atoms with van der Waals surface area (Å²) in [4.78, 5) is 0. The maximum atomic E-state index is 2.25. The van der Waals surface area contributed by atoms with E-state index in [0.717, 1.165) is 0 Å². The van der Waals surface area contributed by atoms with E-state index in [9.17, 15) is 0 Å². The summed E-state index contributed by atoms with van der Waals surface area (Å²) in [6.45, 7) is 6.57. The van der Waals surface area contributed by atoms with Gasteiger partial charge in [-0.2, -0.15) is 13.5 Å². The number of rotatable bonds is 4. The van der Waals surface area contributed by atoms with Crippen molar-refractivity contribution in [3.8, 4) is 0 Å². The van der Waals surface area contributed by atoms with Crippen molar-refractivity contribution in [2.45, 2.75) is 52.9 Å². The molecule has 1 aromatic carbocycles. The van der Waals surface area contributed by atoms with E-state index in [2.05, 4.69) is 32.9 Å². The smallest absolute Gasteiger partial charge is 0.0398 e. The number of hydrogen-bond acceptors (Lipinski definition) is 0. The molecular weight excluding hydrogens is 200 g/mol. The fraction of sp³-hybridized carbons (Fsp3) is 0.571. The van der Waals surface area contributed by atoms with Gasteiger partial charge in [0.25, 0.3) is 0 Å². The Morgan fingerprint density at radius 3 is 1.53 bits per heavy atom. The second kappa shape index (κ2) is 13.6. The van der Waals surface area contributed by atoms with Gasteiger partial charge in [-0.3, -0.25) is 0 Å². The van der Waals surface area contributed by atoms with Gasteiger partial charge in [-0.05, 0) is 6.92 Å². The molecule has 0 nitrogen and oxygen atoms in total. The molecule has 0 unspecified atom stereocenters. The molecule has 0 aliphatic carbocycles. The van der Waals surface area contributed by atoms with Crippen molar-refractivity contribution in [3.63, 3.8) is 0 Å². The molecule has 0 saturated heterocycles. The standard InChI is InChI=1S/C7H8.C7H16.H2S/c1-7-5-3-2-4-6-7;1-3-5-7-6-4-2;/h2-6H,1H3;3-7H2,1-2H3;1H2. The first-order valence-corrected chi connectivity index (χ1v) is 5.82. The summed E-state index contributed by atoms with van der Waals surface area (Å²) in [5.74, 6) is 0. The normalized spacial score (nSPS) is 8.47. The Morgan fingerprint density at radius 1 is 0.800 bits per heavy atom. The van der Waals surface area contributed by atoms with Gasteiger partial charge < -0.3 is 0 Å². The van der Waals surface area contributed by atoms with Crippen molar-refractivity contribution < 1.29 is 0 Å². The summed E-state index contributed by atoms with van der Waals surface area (Å²) < 4.78 is 0. The Labute approximate surface area is 103 Å². The van der Waals surface area contributed by atoms with Crippen LogP contribution in [0.5, 0.6) is 0 Å². The molecular formula is C14H26S. The Bertz CT molecular complexity index is 190. The molecule has 1 heteroatoms. The van der Waals surface area contributed by atoms with Crippen LogP contribution in [0.15, 0.2) is 30.3 Å². The maximum Gasteiger partial charge on any atom is -0.0398 e. The maximum absolute atomic E-state index is 2.25. The third-order valence-corrected chi connectivity index (χ3v) is 2.15. The first-order valence-electron chi connectivity index (χ1n) is 5.82. The van der Waals surface area contributed by atoms with Crippen LogP contribution in [-0.2, 0) is 0 Å². The molecule has 0 heterocycles. The van der Waals surface area contributed by atoms with Crippen molar-refractivity contribution in [2.24, 2.45) is 0 Å². The van der Waals surface area contributed by atoms with Gasteiger partial charge in [0, 0.05) is 0 Å². The van der Waals surface area contributed by atoms with E-state index in [0.29, 0.717) is 0 Å². The minimum Gasteiger partial charge on any atom is -0.197 e. The van der Waals surface area contributed by atoms with E-state index >= 15 is 0 Å². The summed E-state index contributed by atoms with van der Waals surface area (Å²) in [7, 11) is 0. The second-order valence-electron chi connectivity index (χ2n) is 3.72. The van der Waals surface area contributed by atoms with Gasteiger partial charge in [0.05, 0.1) is 0 Å². The fourth-order valence-corrected chi connectivity index (χ4v) is 1.21. The quantitative estimate of drug-likeness (QED) is 0.628. The summed E-state index contributed by atoms with van der Waals surface area (Å²) >= 11 is 0. The SMILES string of the molecule is CCCCCCC.Cc1ccccc1.S. The Morgan fingerprint density at radius 2 is 1.27 bits per heavy atom. The van der Waals surface area contributed by atoms with Crippen molar-refractivity contribution in [3.05, 3.63) is 35.9 Å². The predicted molar refractivity (Wildman–Crippen MR) is 76.0 cm³/mol. The van der Waals surface area contributed by atoms with Crippen molar-refractivity contribution >= 4 is 13.5 Å². The molecule has 1 aromatic rings. The van der Waals surface area contributed by atoms with E-state index in [1.807, 2.05) is 18.2 Å². The van der Waals surface area contributed by atoms with Gasteiger partial charge in [-0.25, -0.2) is 0 Å². The van der Waals surface area contributed by atoms with E-state index in [1.165, 1.54) is 37.7 Å². The van der Waals surface area contributed by atoms with Crippen LogP contribution in [0, 0.1) is 6.92 Å². The zero-order valence-electron chi connectivity index (χ0n) is 10.4. The third-order valence-electron chi connectivity index (χ3n) is 2.15. The van der Waals surface area contributed by atoms with E-state index in [4.69, 9.17) is 0 Å². The molecule has 0 amide bonds. The molecule has 0 aliphatic heterocycles. The topological polar surface area (TPSA) is 0 Å². The monoisotopic (exact) mass is 226 g/mol. The van der Waals surface area contributed by atoms with Crippen LogP contribution in [0.1, 0.15) is 51.5 Å². The fourth-order valence-electron chi connectivity index (χ4n) is 1.21. The van der Waals surface area contributed by atoms with Crippen LogP contribution >= 0.6 is 13.5 Å². The summed E-state index contributed by atoms with van der Waals surface area (Å²) in [5.41, 5.74) is 1.32.